The van der Waals surface area contributed by atoms with Crippen molar-refractivity contribution in [2.24, 2.45) is 5.92 Å². The maximum absolute atomic E-state index is 6.48. The first kappa shape index (κ1) is 19.4. The van der Waals surface area contributed by atoms with Gasteiger partial charge in [-0.25, -0.2) is 0 Å². The van der Waals surface area contributed by atoms with E-state index in [9.17, 15) is 0 Å². The van der Waals surface area contributed by atoms with E-state index in [-0.39, 0.29) is 6.10 Å². The average molecular weight is 401 g/mol. The summed E-state index contributed by atoms with van der Waals surface area (Å²) < 4.78 is 25.7. The highest BCUT2D eigenvalue weighted by Crippen LogP contribution is 2.32. The summed E-state index contributed by atoms with van der Waals surface area (Å²) in [4.78, 5) is 2.54. The van der Waals surface area contributed by atoms with E-state index < -0.39 is 0 Å². The molecule has 0 N–H and O–H groups in total. The quantitative estimate of drug-likeness (QED) is 0.772. The van der Waals surface area contributed by atoms with Crippen LogP contribution in [0.15, 0.2) is 30.5 Å². The Hall–Kier alpha value is -1.60. The zero-order valence-corrected chi connectivity index (χ0v) is 17.1. The first-order chi connectivity index (χ1) is 14.4. The Balaban J connectivity index is 1.19. The second-order valence-corrected chi connectivity index (χ2v) is 8.56. The van der Waals surface area contributed by atoms with Crippen molar-refractivity contribution < 1.29 is 18.9 Å². The number of rotatable bonds is 5. The number of piperidine rings is 1. The number of fused-ring (bicyclic) bond motifs is 1. The number of nitrogens with zero attached hydrogens (tertiary/aromatic N) is 2. The summed E-state index contributed by atoms with van der Waals surface area (Å²) in [6.07, 6.45) is 5.71. The van der Waals surface area contributed by atoms with E-state index in [2.05, 4.69) is 39.9 Å². The number of ether oxygens (including phenoxy) is 4. The highest BCUT2D eigenvalue weighted by Gasteiger charge is 2.25. The molecule has 1 atom stereocenters. The summed E-state index contributed by atoms with van der Waals surface area (Å²) in [5.41, 5.74) is 1.25. The molecule has 0 saturated carbocycles. The van der Waals surface area contributed by atoms with Gasteiger partial charge >= 0.3 is 0 Å². The maximum atomic E-state index is 6.48. The number of hydrogen-bond acceptors (Lipinski definition) is 5. The Bertz CT molecular complexity index is 785. The fourth-order valence-corrected chi connectivity index (χ4v) is 4.85. The van der Waals surface area contributed by atoms with Gasteiger partial charge < -0.3 is 28.4 Å². The number of likely N-dealkylation sites (tertiary alicyclic amines) is 1. The molecule has 3 aliphatic heterocycles. The highest BCUT2D eigenvalue weighted by atomic mass is 16.5. The molecule has 0 radical (unpaired) electrons. The molecule has 3 fully saturated rings. The Morgan fingerprint density at radius 2 is 1.69 bits per heavy atom. The zero-order chi connectivity index (χ0) is 19.5. The Labute approximate surface area is 172 Å². The second-order valence-electron chi connectivity index (χ2n) is 8.56. The van der Waals surface area contributed by atoms with Crippen LogP contribution >= 0.6 is 0 Å². The van der Waals surface area contributed by atoms with Gasteiger partial charge in [-0.2, -0.15) is 0 Å². The number of hydrogen-bond donors (Lipinski definition) is 0. The van der Waals surface area contributed by atoms with Crippen LogP contribution in [0.4, 0.5) is 0 Å². The molecule has 1 aromatic heterocycles. The monoisotopic (exact) mass is 400 g/mol. The van der Waals surface area contributed by atoms with Crippen LogP contribution < -0.4 is 4.74 Å². The third kappa shape index (κ3) is 4.45. The Kier molecular flexibility index (Phi) is 6.04. The predicted molar refractivity (Wildman–Crippen MR) is 112 cm³/mol. The minimum Gasteiger partial charge on any atom is -0.490 e. The second kappa shape index (κ2) is 9.04. The van der Waals surface area contributed by atoms with E-state index in [0.717, 1.165) is 84.3 Å². The molecule has 3 saturated heterocycles. The van der Waals surface area contributed by atoms with E-state index in [1.54, 1.807) is 0 Å². The molecular weight excluding hydrogens is 368 g/mol. The molecule has 0 aliphatic carbocycles. The van der Waals surface area contributed by atoms with Crippen LogP contribution in [0.5, 0.6) is 5.75 Å². The van der Waals surface area contributed by atoms with Gasteiger partial charge in [-0.05, 0) is 37.5 Å². The molecule has 6 nitrogen and oxygen atoms in total. The summed E-state index contributed by atoms with van der Waals surface area (Å²) in [6.45, 7) is 8.00. The van der Waals surface area contributed by atoms with Crippen molar-refractivity contribution in [3.05, 3.63) is 30.5 Å². The molecule has 3 aliphatic rings. The fourth-order valence-electron chi connectivity index (χ4n) is 4.85. The minimum atomic E-state index is 0.289. The number of aromatic nitrogens is 1. The van der Waals surface area contributed by atoms with Gasteiger partial charge in [0.1, 0.15) is 11.9 Å². The van der Waals surface area contributed by atoms with Crippen LogP contribution in [-0.2, 0) is 14.2 Å². The van der Waals surface area contributed by atoms with Gasteiger partial charge in [0.2, 0.25) is 0 Å². The summed E-state index contributed by atoms with van der Waals surface area (Å²) in [7, 11) is 0. The van der Waals surface area contributed by atoms with Crippen molar-refractivity contribution in [3.8, 4) is 5.75 Å². The van der Waals surface area contributed by atoms with Gasteiger partial charge in [-0.15, -0.1) is 0 Å². The lowest BCUT2D eigenvalue weighted by atomic mass is 10.0. The zero-order valence-electron chi connectivity index (χ0n) is 17.1. The lowest BCUT2D eigenvalue weighted by Crippen LogP contribution is -2.42. The Morgan fingerprint density at radius 3 is 2.45 bits per heavy atom. The van der Waals surface area contributed by atoms with E-state index in [4.69, 9.17) is 18.9 Å². The SMILES string of the molecule is c1cc(OC2CCN(CC3COCCOC3)CC2)c2ccn(C3CCOC3)c2c1. The van der Waals surface area contributed by atoms with Gasteiger partial charge in [0.25, 0.3) is 0 Å². The summed E-state index contributed by atoms with van der Waals surface area (Å²) >= 11 is 0. The number of benzene rings is 1. The Morgan fingerprint density at radius 1 is 0.897 bits per heavy atom. The van der Waals surface area contributed by atoms with Crippen molar-refractivity contribution in [2.75, 3.05) is 59.3 Å². The smallest absolute Gasteiger partial charge is 0.129 e. The third-order valence-electron chi connectivity index (χ3n) is 6.45. The molecule has 6 heteroatoms. The molecular formula is C23H32N2O4. The summed E-state index contributed by atoms with van der Waals surface area (Å²) in [6, 6.07) is 9.07. The molecule has 0 bridgehead atoms. The van der Waals surface area contributed by atoms with Gasteiger partial charge in [-0.3, -0.25) is 0 Å². The molecule has 0 spiro atoms. The normalized spacial score (nSPS) is 25.4. The van der Waals surface area contributed by atoms with Gasteiger partial charge in [-0.1, -0.05) is 6.07 Å². The van der Waals surface area contributed by atoms with E-state index in [1.807, 2.05) is 0 Å². The van der Waals surface area contributed by atoms with E-state index >= 15 is 0 Å². The summed E-state index contributed by atoms with van der Waals surface area (Å²) in [5.74, 6) is 1.51. The first-order valence-corrected chi connectivity index (χ1v) is 11.1. The van der Waals surface area contributed by atoms with Crippen molar-refractivity contribution in [1.82, 2.24) is 9.47 Å². The van der Waals surface area contributed by atoms with Crippen molar-refractivity contribution in [3.63, 3.8) is 0 Å². The van der Waals surface area contributed by atoms with Crippen LogP contribution in [0, 0.1) is 5.92 Å². The molecule has 2 aromatic rings. The topological polar surface area (TPSA) is 45.1 Å². The minimum absolute atomic E-state index is 0.289. The predicted octanol–water partition coefficient (Wildman–Crippen LogP) is 3.11. The van der Waals surface area contributed by atoms with Gasteiger partial charge in [0, 0.05) is 43.7 Å². The fraction of sp³-hybridized carbons (Fsp3) is 0.652. The standard InChI is InChI=1S/C23H32N2O4/c1-2-22-21(6-10-25(22)19-7-11-26-17-19)23(3-1)29-20-4-8-24(9-5-20)14-18-15-27-12-13-28-16-18/h1-3,6,10,18-20H,4-5,7-9,11-17H2. The van der Waals surface area contributed by atoms with Crippen LogP contribution in [0.25, 0.3) is 10.9 Å². The average Bonchev–Trinajstić information content (AvgIpc) is 3.35. The molecule has 1 unspecified atom stereocenters. The van der Waals surface area contributed by atoms with Crippen molar-refractivity contribution in [1.29, 1.82) is 0 Å². The molecule has 0 amide bonds. The molecule has 29 heavy (non-hydrogen) atoms. The van der Waals surface area contributed by atoms with Gasteiger partial charge in [0.15, 0.2) is 0 Å². The van der Waals surface area contributed by atoms with E-state index in [0.29, 0.717) is 12.0 Å². The first-order valence-electron chi connectivity index (χ1n) is 11.1. The van der Waals surface area contributed by atoms with Crippen LogP contribution in [0.1, 0.15) is 25.3 Å². The van der Waals surface area contributed by atoms with Crippen LogP contribution in [0.2, 0.25) is 0 Å². The van der Waals surface area contributed by atoms with E-state index in [1.165, 1.54) is 10.9 Å². The van der Waals surface area contributed by atoms with Crippen molar-refractivity contribution in [2.45, 2.75) is 31.4 Å². The highest BCUT2D eigenvalue weighted by molar-refractivity contribution is 5.86. The van der Waals surface area contributed by atoms with Crippen LogP contribution in [-0.4, -0.2) is 74.8 Å². The maximum Gasteiger partial charge on any atom is 0.129 e. The summed E-state index contributed by atoms with van der Waals surface area (Å²) in [5, 5.41) is 1.22. The lowest BCUT2D eigenvalue weighted by molar-refractivity contribution is 0.0642. The molecule has 1 aromatic carbocycles. The largest absolute Gasteiger partial charge is 0.490 e. The van der Waals surface area contributed by atoms with Gasteiger partial charge in [0.05, 0.1) is 44.6 Å². The van der Waals surface area contributed by atoms with Crippen LogP contribution in [0.3, 0.4) is 0 Å². The third-order valence-corrected chi connectivity index (χ3v) is 6.45. The molecule has 4 heterocycles. The lowest BCUT2D eigenvalue weighted by Gasteiger charge is -2.34. The molecule has 158 valence electrons. The van der Waals surface area contributed by atoms with Crippen molar-refractivity contribution >= 4 is 10.9 Å². The molecule has 5 rings (SSSR count).